The summed E-state index contributed by atoms with van der Waals surface area (Å²) in [4.78, 5) is 20.9. The van der Waals surface area contributed by atoms with Gasteiger partial charge in [0.1, 0.15) is 0 Å². The molecule has 0 aromatic carbocycles. The van der Waals surface area contributed by atoms with E-state index < -0.39 is 17.2 Å². The van der Waals surface area contributed by atoms with Crippen LogP contribution in [0, 0.1) is 0 Å². The van der Waals surface area contributed by atoms with Crippen LogP contribution in [-0.4, -0.2) is 17.2 Å². The molecule has 3 nitrogen and oxygen atoms in total. The van der Waals surface area contributed by atoms with Gasteiger partial charge in [0.05, 0.1) is 5.25 Å². The Balaban J connectivity index is 3.80. The molecule has 0 aliphatic carbocycles. The first-order chi connectivity index (χ1) is 4.57. The van der Waals surface area contributed by atoms with Crippen LogP contribution >= 0.6 is 12.6 Å². The van der Waals surface area contributed by atoms with Gasteiger partial charge in [0.2, 0.25) is 0 Å². The smallest absolute Gasteiger partial charge is 0.337 e. The van der Waals surface area contributed by atoms with Crippen molar-refractivity contribution in [3.63, 3.8) is 0 Å². The van der Waals surface area contributed by atoms with Gasteiger partial charge in [0, 0.05) is 6.08 Å². The molecule has 0 heterocycles. The van der Waals surface area contributed by atoms with Crippen molar-refractivity contribution < 1.29 is 14.3 Å². The third-order valence-electron chi connectivity index (χ3n) is 0.709. The van der Waals surface area contributed by atoms with Crippen molar-refractivity contribution in [3.05, 3.63) is 12.7 Å². The Morgan fingerprint density at radius 3 is 2.50 bits per heavy atom. The molecular weight excluding hydrogens is 152 g/mol. The molecule has 10 heavy (non-hydrogen) atoms. The highest BCUT2D eigenvalue weighted by Gasteiger charge is 2.11. The van der Waals surface area contributed by atoms with E-state index in [-0.39, 0.29) is 0 Å². The molecule has 0 aromatic rings. The van der Waals surface area contributed by atoms with Crippen LogP contribution in [0.25, 0.3) is 0 Å². The van der Waals surface area contributed by atoms with Gasteiger partial charge >= 0.3 is 11.9 Å². The van der Waals surface area contributed by atoms with Gasteiger partial charge in [-0.15, -0.1) is 0 Å². The van der Waals surface area contributed by atoms with E-state index >= 15 is 0 Å². The molecule has 0 rings (SSSR count). The lowest BCUT2D eigenvalue weighted by Gasteiger charge is -2.00. The van der Waals surface area contributed by atoms with Crippen LogP contribution in [0.4, 0.5) is 0 Å². The number of esters is 2. The topological polar surface area (TPSA) is 43.4 Å². The van der Waals surface area contributed by atoms with Gasteiger partial charge in [-0.05, 0) is 6.92 Å². The number of carbonyl (C=O) groups excluding carboxylic acids is 2. The summed E-state index contributed by atoms with van der Waals surface area (Å²) in [6, 6.07) is 0. The van der Waals surface area contributed by atoms with E-state index in [0.29, 0.717) is 0 Å². The molecule has 0 spiro atoms. The SMILES string of the molecule is C=CC(=O)OC(=O)C(C)S. The number of hydrogen-bond donors (Lipinski definition) is 1. The Morgan fingerprint density at radius 1 is 1.70 bits per heavy atom. The maximum Gasteiger partial charge on any atom is 0.337 e. The van der Waals surface area contributed by atoms with Crippen LogP contribution in [0.1, 0.15) is 6.92 Å². The third-order valence-corrected chi connectivity index (χ3v) is 0.920. The van der Waals surface area contributed by atoms with Gasteiger partial charge in [-0.2, -0.15) is 12.6 Å². The van der Waals surface area contributed by atoms with Crippen LogP contribution in [-0.2, 0) is 14.3 Å². The molecule has 0 amide bonds. The molecule has 0 saturated heterocycles. The van der Waals surface area contributed by atoms with Gasteiger partial charge in [0.25, 0.3) is 0 Å². The molecule has 1 atom stereocenters. The van der Waals surface area contributed by atoms with E-state index in [1.54, 1.807) is 0 Å². The number of carbonyl (C=O) groups is 2. The van der Waals surface area contributed by atoms with Crippen molar-refractivity contribution in [1.82, 2.24) is 0 Å². The lowest BCUT2D eigenvalue weighted by molar-refractivity contribution is -0.155. The molecule has 0 aliphatic heterocycles. The molecule has 1 unspecified atom stereocenters. The molecular formula is C6H8O3S. The van der Waals surface area contributed by atoms with Gasteiger partial charge in [-0.25, -0.2) is 4.79 Å². The molecule has 0 saturated carbocycles. The van der Waals surface area contributed by atoms with E-state index in [0.717, 1.165) is 6.08 Å². The van der Waals surface area contributed by atoms with Gasteiger partial charge in [-0.3, -0.25) is 4.79 Å². The minimum Gasteiger partial charge on any atom is -0.389 e. The Kier molecular flexibility index (Phi) is 3.79. The van der Waals surface area contributed by atoms with Crippen LogP contribution in [0.2, 0.25) is 0 Å². The highest BCUT2D eigenvalue weighted by Crippen LogP contribution is 1.95. The summed E-state index contributed by atoms with van der Waals surface area (Å²) in [6.07, 6.45) is 0.925. The number of ether oxygens (including phenoxy) is 1. The fourth-order valence-electron chi connectivity index (χ4n) is 0.226. The summed E-state index contributed by atoms with van der Waals surface area (Å²) in [5, 5.41) is -0.580. The molecule has 0 aromatic heterocycles. The second-order valence-electron chi connectivity index (χ2n) is 1.62. The fraction of sp³-hybridized carbons (Fsp3) is 0.333. The minimum atomic E-state index is -0.745. The molecule has 0 N–H and O–H groups in total. The van der Waals surface area contributed by atoms with E-state index in [2.05, 4.69) is 23.9 Å². The van der Waals surface area contributed by atoms with Gasteiger partial charge in [0.15, 0.2) is 0 Å². The first-order valence-corrected chi connectivity index (χ1v) is 3.15. The summed E-state index contributed by atoms with van der Waals surface area (Å²) < 4.78 is 4.19. The Bertz CT molecular complexity index is 162. The van der Waals surface area contributed by atoms with Crippen molar-refractivity contribution in [1.29, 1.82) is 0 Å². The van der Waals surface area contributed by atoms with Crippen molar-refractivity contribution in [2.24, 2.45) is 0 Å². The minimum absolute atomic E-state index is 0.580. The zero-order valence-corrected chi connectivity index (χ0v) is 6.43. The summed E-state index contributed by atoms with van der Waals surface area (Å²) in [7, 11) is 0. The van der Waals surface area contributed by atoms with E-state index in [1.807, 2.05) is 0 Å². The summed E-state index contributed by atoms with van der Waals surface area (Å²) >= 11 is 3.75. The Labute approximate surface area is 64.5 Å². The third kappa shape index (κ3) is 3.29. The van der Waals surface area contributed by atoms with E-state index in [4.69, 9.17) is 0 Å². The van der Waals surface area contributed by atoms with Crippen molar-refractivity contribution in [2.45, 2.75) is 12.2 Å². The van der Waals surface area contributed by atoms with E-state index in [1.165, 1.54) is 6.92 Å². The van der Waals surface area contributed by atoms with Crippen LogP contribution in [0.15, 0.2) is 12.7 Å². The molecule has 4 heteroatoms. The normalized spacial score (nSPS) is 11.8. The quantitative estimate of drug-likeness (QED) is 0.278. The maximum atomic E-state index is 10.5. The average molecular weight is 160 g/mol. The molecule has 0 bridgehead atoms. The zero-order valence-electron chi connectivity index (χ0n) is 5.53. The van der Waals surface area contributed by atoms with Crippen molar-refractivity contribution in [2.75, 3.05) is 0 Å². The lowest BCUT2D eigenvalue weighted by atomic mass is 10.5. The number of hydrogen-bond acceptors (Lipinski definition) is 4. The average Bonchev–Trinajstić information content (AvgIpc) is 1.87. The highest BCUT2D eigenvalue weighted by molar-refractivity contribution is 7.81. The second kappa shape index (κ2) is 4.11. The standard InChI is InChI=1S/C6H8O3S/c1-3-5(7)9-6(8)4(2)10/h3-4,10H,1H2,2H3. The molecule has 0 fully saturated rings. The molecule has 56 valence electrons. The zero-order chi connectivity index (χ0) is 8.15. The summed E-state index contributed by atoms with van der Waals surface area (Å²) in [5.41, 5.74) is 0. The second-order valence-corrected chi connectivity index (χ2v) is 2.39. The van der Waals surface area contributed by atoms with Crippen LogP contribution in [0.3, 0.4) is 0 Å². The first-order valence-electron chi connectivity index (χ1n) is 2.64. The predicted octanol–water partition coefficient (Wildman–Crippen LogP) is 0.560. The van der Waals surface area contributed by atoms with Crippen molar-refractivity contribution in [3.8, 4) is 0 Å². The van der Waals surface area contributed by atoms with Crippen LogP contribution < -0.4 is 0 Å². The largest absolute Gasteiger partial charge is 0.389 e. The Morgan fingerprint density at radius 2 is 2.20 bits per heavy atom. The van der Waals surface area contributed by atoms with Crippen LogP contribution in [0.5, 0.6) is 0 Å². The predicted molar refractivity (Wildman–Crippen MR) is 39.7 cm³/mol. The highest BCUT2D eigenvalue weighted by atomic mass is 32.1. The van der Waals surface area contributed by atoms with E-state index in [9.17, 15) is 9.59 Å². The number of thiol groups is 1. The monoisotopic (exact) mass is 160 g/mol. The first kappa shape index (κ1) is 9.23. The maximum absolute atomic E-state index is 10.5. The fourth-order valence-corrected chi connectivity index (χ4v) is 0.279. The summed E-state index contributed by atoms with van der Waals surface area (Å²) in [5.74, 6) is -1.40. The molecule has 0 radical (unpaired) electrons. The lowest BCUT2D eigenvalue weighted by Crippen LogP contribution is -2.17. The molecule has 0 aliphatic rings. The van der Waals surface area contributed by atoms with Gasteiger partial charge in [-0.1, -0.05) is 6.58 Å². The van der Waals surface area contributed by atoms with Gasteiger partial charge < -0.3 is 4.74 Å². The summed E-state index contributed by atoms with van der Waals surface area (Å²) in [6.45, 7) is 4.64. The van der Waals surface area contributed by atoms with Crippen molar-refractivity contribution >= 4 is 24.6 Å². The number of rotatable bonds is 2. The Hall–Kier alpha value is -0.770.